The molecule has 3 nitrogen and oxygen atoms in total. The molecule has 0 aliphatic carbocycles. The first-order chi connectivity index (χ1) is 27.9. The van der Waals surface area contributed by atoms with Gasteiger partial charge in [0.15, 0.2) is 0 Å². The Morgan fingerprint density at radius 2 is 0.767 bits per heavy atom. The van der Waals surface area contributed by atoms with Gasteiger partial charge in [0.05, 0.1) is 44.6 Å². The molecule has 0 aliphatic heterocycles. The van der Waals surface area contributed by atoms with Crippen LogP contribution in [0.5, 0.6) is 0 Å². The Hall–Kier alpha value is -5.80. The second-order valence-electron chi connectivity index (χ2n) is 20.6. The molecule has 2 aromatic heterocycles. The van der Waals surface area contributed by atoms with Gasteiger partial charge in [0.2, 0.25) is 0 Å². The maximum absolute atomic E-state index is 15.3. The van der Waals surface area contributed by atoms with Crippen LogP contribution in [0.4, 0.5) is 13.2 Å². The van der Waals surface area contributed by atoms with Gasteiger partial charge >= 0.3 is 6.18 Å². The fourth-order valence-electron chi connectivity index (χ4n) is 8.64. The summed E-state index contributed by atoms with van der Waals surface area (Å²) in [6.45, 7) is 26.0. The third kappa shape index (κ3) is 6.86. The zero-order valence-electron chi connectivity index (χ0n) is 36.9. The van der Waals surface area contributed by atoms with Crippen LogP contribution >= 0.6 is 0 Å². The third-order valence-corrected chi connectivity index (χ3v) is 12.2. The molecule has 0 aliphatic rings. The minimum atomic E-state index is -4.64. The zero-order chi connectivity index (χ0) is 43.5. The van der Waals surface area contributed by atoms with Gasteiger partial charge in [-0.15, -0.1) is 0 Å². The van der Waals surface area contributed by atoms with Crippen molar-refractivity contribution in [2.24, 2.45) is 0 Å². The van der Waals surface area contributed by atoms with Crippen LogP contribution in [0.1, 0.15) is 116 Å². The summed E-state index contributed by atoms with van der Waals surface area (Å²) in [4.78, 5) is 0. The van der Waals surface area contributed by atoms with E-state index in [9.17, 15) is 5.26 Å². The molecule has 0 bridgehead atoms. The Balaban J connectivity index is 1.60. The molecule has 0 saturated heterocycles. The summed E-state index contributed by atoms with van der Waals surface area (Å²) in [5.41, 5.74) is 8.26. The van der Waals surface area contributed by atoms with Crippen LogP contribution < -0.4 is 0 Å². The minimum absolute atomic E-state index is 0.0474. The van der Waals surface area contributed by atoms with Gasteiger partial charge in [0.25, 0.3) is 0 Å². The predicted molar refractivity (Wildman–Crippen MR) is 245 cm³/mol. The van der Waals surface area contributed by atoms with Gasteiger partial charge in [-0.25, -0.2) is 0 Å². The van der Waals surface area contributed by atoms with Gasteiger partial charge in [-0.05, 0) is 91.9 Å². The lowest BCUT2D eigenvalue weighted by Gasteiger charge is -2.23. The number of halogens is 3. The first kappa shape index (κ1) is 41.0. The molecule has 306 valence electrons. The second kappa shape index (κ2) is 13.6. The lowest BCUT2D eigenvalue weighted by Crippen LogP contribution is -2.12. The zero-order valence-corrected chi connectivity index (χ0v) is 36.9. The van der Waals surface area contributed by atoms with Crippen LogP contribution in [0.25, 0.3) is 66.1 Å². The minimum Gasteiger partial charge on any atom is -0.309 e. The van der Waals surface area contributed by atoms with Crippen LogP contribution in [0.15, 0.2) is 109 Å². The Bertz CT molecular complexity index is 2920. The van der Waals surface area contributed by atoms with Crippen LogP contribution in [0, 0.1) is 11.3 Å². The summed E-state index contributed by atoms with van der Waals surface area (Å²) in [5.74, 6) is 0. The van der Waals surface area contributed by atoms with E-state index >= 15 is 13.2 Å². The molecule has 0 saturated carbocycles. The molecule has 6 heteroatoms. The second-order valence-corrected chi connectivity index (χ2v) is 20.6. The Morgan fingerprint density at radius 3 is 1.10 bits per heavy atom. The van der Waals surface area contributed by atoms with Crippen LogP contribution in [-0.2, 0) is 27.8 Å². The van der Waals surface area contributed by atoms with Crippen LogP contribution in [-0.4, -0.2) is 9.13 Å². The monoisotopic (exact) mass is 801 g/mol. The molecule has 8 aromatic rings. The molecule has 2 heterocycles. The molecule has 60 heavy (non-hydrogen) atoms. The quantitative estimate of drug-likeness (QED) is 0.175. The molecule has 0 spiro atoms. The van der Waals surface area contributed by atoms with Crippen molar-refractivity contribution in [1.82, 2.24) is 9.13 Å². The van der Waals surface area contributed by atoms with E-state index in [1.807, 2.05) is 12.1 Å². The number of nitriles is 1. The standard InChI is InChI=1S/C54H54F3N3/c1-50(2,3)33-17-21-38-39-22-18-34(51(4,5)6)27-47(39)59(46(38)26-33)44-30-42(37-15-13-14-16-43(37)54(55,56)57)45(25-32(44)31-58)60-48-28-35(52(7,8)9)19-23-40(48)41-24-20-36(29-49(41)60)53(10,11)12/h13-30H,1-12H3. The van der Waals surface area contributed by atoms with E-state index in [-0.39, 0.29) is 27.2 Å². The summed E-state index contributed by atoms with van der Waals surface area (Å²) in [6.07, 6.45) is -4.64. The van der Waals surface area contributed by atoms with E-state index in [0.29, 0.717) is 22.5 Å². The van der Waals surface area contributed by atoms with Crippen LogP contribution in [0.3, 0.4) is 0 Å². The summed E-state index contributed by atoms with van der Waals surface area (Å²) >= 11 is 0. The first-order valence-corrected chi connectivity index (χ1v) is 20.8. The summed E-state index contributed by atoms with van der Waals surface area (Å²) < 4.78 is 50.0. The van der Waals surface area contributed by atoms with Crippen molar-refractivity contribution in [1.29, 1.82) is 5.26 Å². The van der Waals surface area contributed by atoms with Crippen molar-refractivity contribution >= 4 is 43.6 Å². The highest BCUT2D eigenvalue weighted by atomic mass is 19.4. The molecule has 8 rings (SSSR count). The largest absolute Gasteiger partial charge is 0.417 e. The van der Waals surface area contributed by atoms with E-state index in [1.54, 1.807) is 12.1 Å². The van der Waals surface area contributed by atoms with Crippen molar-refractivity contribution in [3.8, 4) is 28.6 Å². The van der Waals surface area contributed by atoms with Gasteiger partial charge in [0.1, 0.15) is 6.07 Å². The Labute approximate surface area is 352 Å². The molecule has 0 fully saturated rings. The Kier molecular flexibility index (Phi) is 9.29. The van der Waals surface area contributed by atoms with Crippen molar-refractivity contribution < 1.29 is 13.2 Å². The van der Waals surface area contributed by atoms with Gasteiger partial charge in [-0.2, -0.15) is 18.4 Å². The van der Waals surface area contributed by atoms with Crippen molar-refractivity contribution in [3.63, 3.8) is 0 Å². The smallest absolute Gasteiger partial charge is 0.309 e. The highest BCUT2D eigenvalue weighted by Gasteiger charge is 2.35. The number of nitrogens with zero attached hydrogens (tertiary/aromatic N) is 3. The molecule has 0 atom stereocenters. The summed E-state index contributed by atoms with van der Waals surface area (Å²) in [5, 5.41) is 15.3. The average molecular weight is 802 g/mol. The average Bonchev–Trinajstić information content (AvgIpc) is 3.67. The van der Waals surface area contributed by atoms with Gasteiger partial charge in [-0.3, -0.25) is 0 Å². The third-order valence-electron chi connectivity index (χ3n) is 12.2. The van der Waals surface area contributed by atoms with Gasteiger partial charge < -0.3 is 9.13 Å². The lowest BCUT2D eigenvalue weighted by atomic mass is 9.86. The fourth-order valence-corrected chi connectivity index (χ4v) is 8.64. The normalized spacial score (nSPS) is 13.2. The van der Waals surface area contributed by atoms with Crippen LogP contribution in [0.2, 0.25) is 0 Å². The highest BCUT2D eigenvalue weighted by Crippen LogP contribution is 2.46. The molecule has 0 amide bonds. The summed E-state index contributed by atoms with van der Waals surface area (Å²) in [7, 11) is 0. The number of benzene rings is 6. The van der Waals surface area contributed by atoms with Crippen molar-refractivity contribution in [3.05, 3.63) is 143 Å². The number of aromatic nitrogens is 2. The maximum Gasteiger partial charge on any atom is 0.417 e. The molecule has 0 N–H and O–H groups in total. The lowest BCUT2D eigenvalue weighted by molar-refractivity contribution is -0.137. The van der Waals surface area contributed by atoms with E-state index in [0.717, 1.165) is 71.9 Å². The first-order valence-electron chi connectivity index (χ1n) is 20.8. The van der Waals surface area contributed by atoms with Gasteiger partial charge in [-0.1, -0.05) is 150 Å². The summed E-state index contributed by atoms with van der Waals surface area (Å²) in [6, 6.07) is 37.9. The maximum atomic E-state index is 15.3. The van der Waals surface area contributed by atoms with Crippen molar-refractivity contribution in [2.45, 2.75) is 111 Å². The topological polar surface area (TPSA) is 33.6 Å². The number of alkyl halides is 3. The SMILES string of the molecule is CC(C)(C)c1ccc2c3ccc(C(C)(C)C)cc3n(-c3cc(-c4ccccc4C(F)(F)F)c(-n4c5cc(C(C)(C)C)ccc5c5ccc(C(C)(C)C)cc54)cc3C#N)c2c1. The molecular formula is C54H54F3N3. The number of rotatable bonds is 3. The fraction of sp³-hybridized carbons (Fsp3) is 0.315. The number of hydrogen-bond acceptors (Lipinski definition) is 1. The van der Waals surface area contributed by atoms with Gasteiger partial charge in [0, 0.05) is 27.1 Å². The predicted octanol–water partition coefficient (Wildman–Crippen LogP) is 15.6. The molecule has 6 aromatic carbocycles. The van der Waals surface area contributed by atoms with E-state index in [1.165, 1.54) is 6.07 Å². The highest BCUT2D eigenvalue weighted by molar-refractivity contribution is 6.12. The van der Waals surface area contributed by atoms with E-state index in [2.05, 4.69) is 171 Å². The van der Waals surface area contributed by atoms with Crippen molar-refractivity contribution in [2.75, 3.05) is 0 Å². The molecule has 0 radical (unpaired) electrons. The Morgan fingerprint density at radius 1 is 0.417 bits per heavy atom. The molecular weight excluding hydrogens is 748 g/mol. The molecule has 0 unspecified atom stereocenters. The number of fused-ring (bicyclic) bond motifs is 6. The van der Waals surface area contributed by atoms with E-state index in [4.69, 9.17) is 0 Å². The number of hydrogen-bond donors (Lipinski definition) is 0. The van der Waals surface area contributed by atoms with E-state index < -0.39 is 11.7 Å².